The maximum absolute atomic E-state index is 11.6. The van der Waals surface area contributed by atoms with Gasteiger partial charge in [-0.25, -0.2) is 9.97 Å². The summed E-state index contributed by atoms with van der Waals surface area (Å²) in [5.41, 5.74) is 1.97. The summed E-state index contributed by atoms with van der Waals surface area (Å²) in [5, 5.41) is 4.53. The molecule has 0 radical (unpaired) electrons. The van der Waals surface area contributed by atoms with E-state index in [0.717, 1.165) is 70.9 Å². The summed E-state index contributed by atoms with van der Waals surface area (Å²) in [5.74, 6) is 1.39. The van der Waals surface area contributed by atoms with Gasteiger partial charge in [0.2, 0.25) is 10.2 Å². The number of likely N-dealkylation sites (N-methyl/N-ethyl adjacent to an activating group) is 2. The molecule has 0 bridgehead atoms. The summed E-state index contributed by atoms with van der Waals surface area (Å²) >= 11 is 1.48. The van der Waals surface area contributed by atoms with Crippen LogP contribution in [0.2, 0.25) is 0 Å². The number of amides is 2. The molecule has 6 rings (SSSR count). The maximum Gasteiger partial charge on any atom is 0.287 e. The Labute approximate surface area is 356 Å². The van der Waals surface area contributed by atoms with Gasteiger partial charge in [-0.15, -0.1) is 0 Å². The van der Waals surface area contributed by atoms with Gasteiger partial charge in [0.05, 0.1) is 24.6 Å². The molecule has 0 spiro atoms. The summed E-state index contributed by atoms with van der Waals surface area (Å²) in [4.78, 5) is 58.3. The Morgan fingerprint density at radius 2 is 0.967 bits per heavy atom. The molecule has 2 aliphatic heterocycles. The van der Waals surface area contributed by atoms with Crippen molar-refractivity contribution in [2.75, 3.05) is 61.7 Å². The van der Waals surface area contributed by atoms with Gasteiger partial charge in [0, 0.05) is 62.9 Å². The monoisotopic (exact) mass is 904 g/mol. The number of hydrogen-bond donors (Lipinski definition) is 4. The van der Waals surface area contributed by atoms with E-state index in [9.17, 15) is 36.0 Å². The van der Waals surface area contributed by atoms with Gasteiger partial charge < -0.3 is 29.9 Å². The van der Waals surface area contributed by atoms with E-state index in [1.54, 1.807) is 12.4 Å². The Bertz CT molecular complexity index is 2100. The van der Waals surface area contributed by atoms with E-state index >= 15 is 0 Å². The highest BCUT2D eigenvalue weighted by Crippen LogP contribution is 2.22. The Morgan fingerprint density at radius 3 is 1.25 bits per heavy atom. The molecule has 2 atom stereocenters. The van der Waals surface area contributed by atoms with Crippen molar-refractivity contribution in [1.29, 1.82) is 0 Å². The highest BCUT2D eigenvalue weighted by atomic mass is 32.2. The van der Waals surface area contributed by atoms with Crippen LogP contribution in [0.4, 0.5) is 21.2 Å². The topological polar surface area (TPSA) is 252 Å². The minimum atomic E-state index is -4.30. The van der Waals surface area contributed by atoms with Crippen molar-refractivity contribution in [2.45, 2.75) is 24.9 Å². The average Bonchev–Trinajstić information content (AvgIpc) is 3.71. The molecular weight excluding hydrogens is 861 g/mol. The second-order valence-electron chi connectivity index (χ2n) is 13.0. The first-order chi connectivity index (χ1) is 28.4. The number of hydrogen-bond acceptors (Lipinski definition) is 16. The molecule has 2 saturated heterocycles. The van der Waals surface area contributed by atoms with Crippen molar-refractivity contribution in [3.8, 4) is 11.5 Å². The van der Waals surface area contributed by atoms with Crippen LogP contribution in [-0.2, 0) is 42.7 Å². The van der Waals surface area contributed by atoms with E-state index in [0.29, 0.717) is 26.1 Å². The van der Waals surface area contributed by atoms with Gasteiger partial charge in [0.15, 0.2) is 0 Å². The summed E-state index contributed by atoms with van der Waals surface area (Å²) in [6.45, 7) is 2.53. The molecule has 0 saturated carbocycles. The smallest absolute Gasteiger partial charge is 0.287 e. The summed E-state index contributed by atoms with van der Waals surface area (Å²) < 4.78 is 66.9. The molecule has 4 N–H and O–H groups in total. The van der Waals surface area contributed by atoms with E-state index < -0.39 is 43.8 Å². The molecule has 22 heteroatoms. The van der Waals surface area contributed by atoms with Crippen LogP contribution in [0, 0.1) is 0 Å². The number of nitrogens with one attached hydrogen (secondary N) is 2. The first-order valence-corrected chi connectivity index (χ1v) is 22.9. The van der Waals surface area contributed by atoms with Crippen molar-refractivity contribution in [1.82, 2.24) is 20.6 Å². The second-order valence-corrected chi connectivity index (χ2v) is 18.1. The van der Waals surface area contributed by atoms with Crippen LogP contribution in [0.15, 0.2) is 97.3 Å². The summed E-state index contributed by atoms with van der Waals surface area (Å²) in [7, 11) is -4.65. The van der Waals surface area contributed by atoms with E-state index in [4.69, 9.17) is 18.6 Å². The number of thioether (sulfide) groups is 2. The molecule has 2 unspecified atom stereocenters. The molecule has 0 aliphatic carbocycles. The highest BCUT2D eigenvalue weighted by molar-refractivity contribution is 8.27. The number of carbonyl (C=O) groups excluding carboxylic acids is 4. The Balaban J connectivity index is 0.000000217. The van der Waals surface area contributed by atoms with Crippen molar-refractivity contribution in [2.24, 2.45) is 0 Å². The number of pyridine rings is 2. The average molecular weight is 905 g/mol. The van der Waals surface area contributed by atoms with Crippen LogP contribution in [0.3, 0.4) is 0 Å². The third-order valence-electron chi connectivity index (χ3n) is 8.34. The van der Waals surface area contributed by atoms with Crippen LogP contribution in [0.1, 0.15) is 11.1 Å². The fourth-order valence-electron chi connectivity index (χ4n) is 5.17. The lowest BCUT2D eigenvalue weighted by molar-refractivity contribution is -0.112. The molecule has 2 aromatic heterocycles. The van der Waals surface area contributed by atoms with Gasteiger partial charge in [-0.05, 0) is 59.7 Å². The highest BCUT2D eigenvalue weighted by Gasteiger charge is 2.32. The molecule has 4 heterocycles. The van der Waals surface area contributed by atoms with Gasteiger partial charge in [-0.3, -0.25) is 28.3 Å². The van der Waals surface area contributed by atoms with Crippen LogP contribution < -0.4 is 29.9 Å². The van der Waals surface area contributed by atoms with Gasteiger partial charge >= 0.3 is 0 Å². The maximum atomic E-state index is 11.6. The quantitative estimate of drug-likeness (QED) is 0.110. The van der Waals surface area contributed by atoms with E-state index in [2.05, 4.69) is 20.6 Å². The molecule has 18 nitrogen and oxygen atoms in total. The molecule has 2 aliphatic rings. The van der Waals surface area contributed by atoms with Crippen LogP contribution in [0.5, 0.6) is 11.5 Å². The van der Waals surface area contributed by atoms with Crippen molar-refractivity contribution in [3.63, 3.8) is 0 Å². The number of ether oxygens (including phenoxy) is 2. The van der Waals surface area contributed by atoms with Gasteiger partial charge in [-0.2, -0.15) is 16.8 Å². The fraction of sp³-hybridized carbons (Fsp3) is 0.316. The molecule has 4 aromatic rings. The first-order valence-electron chi connectivity index (χ1n) is 18.1. The molecule has 2 fully saturated rings. The largest absolute Gasteiger partial charge is 0.492 e. The van der Waals surface area contributed by atoms with Gasteiger partial charge in [-0.1, -0.05) is 36.4 Å². The number of rotatable bonds is 17. The zero-order valence-electron chi connectivity index (χ0n) is 32.4. The van der Waals surface area contributed by atoms with E-state index in [1.807, 2.05) is 109 Å². The molecule has 322 valence electrons. The predicted octanol–water partition coefficient (Wildman–Crippen LogP) is 3.74. The van der Waals surface area contributed by atoms with Gasteiger partial charge in [0.1, 0.15) is 48.4 Å². The summed E-state index contributed by atoms with van der Waals surface area (Å²) in [6.07, 6.45) is 4.53. The third-order valence-corrected chi connectivity index (χ3v) is 11.6. The molecule has 2 amide bonds. The third kappa shape index (κ3) is 17.5. The molecule has 2 aromatic carbocycles. The lowest BCUT2D eigenvalue weighted by Gasteiger charge is -2.18. The van der Waals surface area contributed by atoms with Crippen LogP contribution in [-0.4, -0.2) is 121 Å². The Kier molecular flexibility index (Phi) is 18.1. The SMILES string of the molecule is CN(CCOc1ccc(CC2NC(=O)SC2=O)cc1)c1ccccn1.CN(CCOc1ccc(CC2NC(=O)SC2=O)cc1)c1ccccn1.O=S(=O)(O)CCS(=O)(=O)O. The lowest BCUT2D eigenvalue weighted by atomic mass is 10.1. The number of anilines is 2. The standard InChI is InChI=1S/2C18H19N3O3S.C2H6O6S2/c2*1-21(16-4-2-3-9-19-16)10-11-24-14-7-5-13(6-8-14)12-15-17(22)25-18(23)20-15;3-9(4,5)1-2-10(6,7)8/h2*2-9,15H,10-12H2,1H3,(H,20,23);1-2H2,(H,3,4,5)(H,6,7,8). The van der Waals surface area contributed by atoms with E-state index in [-0.39, 0.29) is 20.7 Å². The number of aromatic nitrogens is 2. The molecular formula is C38H44N6O12S4. The first kappa shape index (κ1) is 47.4. The van der Waals surface area contributed by atoms with Crippen LogP contribution >= 0.6 is 23.5 Å². The number of benzene rings is 2. The fourth-order valence-corrected chi connectivity index (χ4v) is 8.19. The van der Waals surface area contributed by atoms with Crippen LogP contribution in [0.25, 0.3) is 0 Å². The number of nitrogens with zero attached hydrogens (tertiary/aromatic N) is 4. The normalized spacial score (nSPS) is 16.1. The lowest BCUT2D eigenvalue weighted by Crippen LogP contribution is -2.30. The number of carbonyl (C=O) groups is 4. The zero-order valence-corrected chi connectivity index (χ0v) is 35.7. The van der Waals surface area contributed by atoms with Crippen molar-refractivity contribution >= 4 is 76.1 Å². The second kappa shape index (κ2) is 22.9. The van der Waals surface area contributed by atoms with Crippen molar-refractivity contribution in [3.05, 3.63) is 108 Å². The zero-order chi connectivity index (χ0) is 43.7. The Morgan fingerprint density at radius 1 is 0.600 bits per heavy atom. The van der Waals surface area contributed by atoms with E-state index in [1.165, 1.54) is 0 Å². The minimum Gasteiger partial charge on any atom is -0.492 e. The predicted molar refractivity (Wildman–Crippen MR) is 229 cm³/mol. The molecule has 60 heavy (non-hydrogen) atoms. The minimum absolute atomic E-state index is 0.122. The summed E-state index contributed by atoms with van der Waals surface area (Å²) in [6, 6.07) is 25.9. The Hall–Kier alpha value is -5.26. The van der Waals surface area contributed by atoms with Gasteiger partial charge in [0.25, 0.3) is 30.7 Å². The van der Waals surface area contributed by atoms with Crippen molar-refractivity contribution < 1.29 is 54.6 Å².